The second-order valence-corrected chi connectivity index (χ2v) is 14.4. The molecule has 33 heavy (non-hydrogen) atoms. The summed E-state index contributed by atoms with van der Waals surface area (Å²) in [5.41, 5.74) is 5.08. The molecular formula is C32H54O. The van der Waals surface area contributed by atoms with Gasteiger partial charge in [0.15, 0.2) is 0 Å². The number of aliphatic hydroxyl groups is 1. The van der Waals surface area contributed by atoms with Crippen LogP contribution in [0.2, 0.25) is 0 Å². The fraction of sp³-hybridized carbons (Fsp3) is 0.938. The second kappa shape index (κ2) is 8.97. The van der Waals surface area contributed by atoms with Crippen LogP contribution in [0.1, 0.15) is 137 Å². The summed E-state index contributed by atoms with van der Waals surface area (Å²) in [5.74, 6) is 4.23. The number of rotatable bonds is 5. The van der Waals surface area contributed by atoms with Gasteiger partial charge in [-0.05, 0) is 110 Å². The molecule has 1 spiro atoms. The predicted octanol–water partition coefficient (Wildman–Crippen LogP) is 9.09. The second-order valence-electron chi connectivity index (χ2n) is 14.4. The molecule has 0 aromatic carbocycles. The molecule has 0 saturated heterocycles. The lowest BCUT2D eigenvalue weighted by molar-refractivity contribution is -0.160. The van der Waals surface area contributed by atoms with E-state index in [4.69, 9.17) is 0 Å². The first-order valence-corrected chi connectivity index (χ1v) is 15.1. The van der Waals surface area contributed by atoms with Crippen LogP contribution in [-0.2, 0) is 0 Å². The number of hydrogen-bond donors (Lipinski definition) is 1. The fourth-order valence-corrected chi connectivity index (χ4v) is 10.9. The predicted molar refractivity (Wildman–Crippen MR) is 140 cm³/mol. The minimum atomic E-state index is -0.0264. The summed E-state index contributed by atoms with van der Waals surface area (Å²) in [6, 6.07) is 0. The van der Waals surface area contributed by atoms with Gasteiger partial charge in [-0.3, -0.25) is 0 Å². The van der Waals surface area contributed by atoms with Gasteiger partial charge < -0.3 is 5.11 Å². The highest BCUT2D eigenvalue weighted by Gasteiger charge is 2.62. The summed E-state index contributed by atoms with van der Waals surface area (Å²) in [5, 5.41) is 11.3. The molecular weight excluding hydrogens is 400 g/mol. The zero-order chi connectivity index (χ0) is 23.4. The molecule has 0 aliphatic heterocycles. The summed E-state index contributed by atoms with van der Waals surface area (Å²) in [7, 11) is 0. The van der Waals surface area contributed by atoms with E-state index in [9.17, 15) is 5.11 Å². The number of aliphatic hydroxyl groups excluding tert-OH is 1. The van der Waals surface area contributed by atoms with Crippen LogP contribution in [0.25, 0.3) is 0 Å². The van der Waals surface area contributed by atoms with E-state index >= 15 is 0 Å². The maximum atomic E-state index is 11.3. The van der Waals surface area contributed by atoms with Crippen molar-refractivity contribution in [3.63, 3.8) is 0 Å². The molecule has 4 saturated carbocycles. The van der Waals surface area contributed by atoms with E-state index in [0.29, 0.717) is 10.8 Å². The van der Waals surface area contributed by atoms with Gasteiger partial charge in [0.1, 0.15) is 0 Å². The molecule has 0 bridgehead atoms. The van der Waals surface area contributed by atoms with Crippen molar-refractivity contribution in [2.75, 3.05) is 0 Å². The SMILES string of the molecule is CC(C)CCC[C@@H](C)[C@H]1CCC2=C3CCC4C5(CCCCC5)[C@@H](O)CC[C@]4(C)[C@H]3CC[C@@]21C. The minimum absolute atomic E-state index is 0.0264. The van der Waals surface area contributed by atoms with Gasteiger partial charge in [0, 0.05) is 0 Å². The van der Waals surface area contributed by atoms with Crippen LogP contribution in [0.15, 0.2) is 11.1 Å². The highest BCUT2D eigenvalue weighted by atomic mass is 16.3. The molecule has 0 aromatic heterocycles. The highest BCUT2D eigenvalue weighted by Crippen LogP contribution is 2.70. The van der Waals surface area contributed by atoms with Crippen molar-refractivity contribution in [2.24, 2.45) is 45.8 Å². The van der Waals surface area contributed by atoms with Gasteiger partial charge in [-0.15, -0.1) is 0 Å². The molecule has 1 nitrogen and oxygen atoms in total. The van der Waals surface area contributed by atoms with Crippen LogP contribution in [0, 0.1) is 45.8 Å². The molecule has 0 amide bonds. The summed E-state index contributed by atoms with van der Waals surface area (Å²) in [6.45, 7) is 12.7. The molecule has 0 heterocycles. The van der Waals surface area contributed by atoms with Gasteiger partial charge in [0.05, 0.1) is 6.10 Å². The van der Waals surface area contributed by atoms with E-state index in [1.165, 1.54) is 96.3 Å². The van der Waals surface area contributed by atoms with E-state index in [1.807, 2.05) is 11.1 Å². The number of fused-ring (bicyclic) bond motifs is 5. The van der Waals surface area contributed by atoms with Gasteiger partial charge >= 0.3 is 0 Å². The Morgan fingerprint density at radius 1 is 0.848 bits per heavy atom. The van der Waals surface area contributed by atoms with Crippen LogP contribution in [0.5, 0.6) is 0 Å². The summed E-state index contributed by atoms with van der Waals surface area (Å²) in [6.07, 6.45) is 21.7. The highest BCUT2D eigenvalue weighted by molar-refractivity contribution is 5.35. The molecule has 1 N–H and O–H groups in total. The fourth-order valence-electron chi connectivity index (χ4n) is 10.9. The van der Waals surface area contributed by atoms with Crippen molar-refractivity contribution in [3.05, 3.63) is 11.1 Å². The standard InChI is InChI=1S/C32H54O/c1-22(2)10-9-11-23(3)25-13-14-26-24-12-15-28-31(5,27(24)16-20-30(25,26)4)21-17-29(33)32(28)18-7-6-8-19-32/h22-23,25,27-29,33H,6-21H2,1-5H3/t23-,25-,27+,28?,29+,30-,31-/m1/s1. The Bertz CT molecular complexity index is 742. The van der Waals surface area contributed by atoms with Crippen LogP contribution < -0.4 is 0 Å². The lowest BCUT2D eigenvalue weighted by Crippen LogP contribution is -2.58. The molecule has 5 aliphatic rings. The van der Waals surface area contributed by atoms with E-state index in [1.54, 1.807) is 0 Å². The Morgan fingerprint density at radius 2 is 1.61 bits per heavy atom. The molecule has 1 heteroatoms. The maximum absolute atomic E-state index is 11.3. The van der Waals surface area contributed by atoms with Gasteiger partial charge in [-0.25, -0.2) is 0 Å². The average Bonchev–Trinajstić information content (AvgIpc) is 3.14. The largest absolute Gasteiger partial charge is 0.393 e. The van der Waals surface area contributed by atoms with Crippen LogP contribution >= 0.6 is 0 Å². The van der Waals surface area contributed by atoms with E-state index in [0.717, 1.165) is 36.0 Å². The van der Waals surface area contributed by atoms with Crippen LogP contribution in [0.3, 0.4) is 0 Å². The minimum Gasteiger partial charge on any atom is -0.393 e. The summed E-state index contributed by atoms with van der Waals surface area (Å²) in [4.78, 5) is 0. The lowest BCUT2D eigenvalue weighted by atomic mass is 9.41. The molecule has 1 unspecified atom stereocenters. The van der Waals surface area contributed by atoms with Crippen molar-refractivity contribution >= 4 is 0 Å². The first-order valence-electron chi connectivity index (χ1n) is 15.1. The topological polar surface area (TPSA) is 20.2 Å². The van der Waals surface area contributed by atoms with Crippen molar-refractivity contribution in [2.45, 2.75) is 143 Å². The van der Waals surface area contributed by atoms with Crippen molar-refractivity contribution in [1.29, 1.82) is 0 Å². The number of hydrogen-bond acceptors (Lipinski definition) is 1. The lowest BCUT2D eigenvalue weighted by Gasteiger charge is -2.64. The van der Waals surface area contributed by atoms with E-state index < -0.39 is 0 Å². The van der Waals surface area contributed by atoms with Gasteiger partial charge in [-0.1, -0.05) is 84.3 Å². The van der Waals surface area contributed by atoms with Crippen molar-refractivity contribution < 1.29 is 5.11 Å². The zero-order valence-corrected chi connectivity index (χ0v) is 22.7. The third-order valence-corrected chi connectivity index (χ3v) is 12.5. The zero-order valence-electron chi connectivity index (χ0n) is 22.7. The maximum Gasteiger partial charge on any atom is 0.0599 e. The van der Waals surface area contributed by atoms with Crippen LogP contribution in [-0.4, -0.2) is 11.2 Å². The Balaban J connectivity index is 1.40. The number of allylic oxidation sites excluding steroid dienone is 2. The molecule has 7 atom stereocenters. The Morgan fingerprint density at radius 3 is 2.33 bits per heavy atom. The third-order valence-electron chi connectivity index (χ3n) is 12.5. The Labute approximate surface area is 205 Å². The van der Waals surface area contributed by atoms with E-state index in [-0.39, 0.29) is 11.5 Å². The van der Waals surface area contributed by atoms with Crippen molar-refractivity contribution in [1.82, 2.24) is 0 Å². The molecule has 0 radical (unpaired) electrons. The quantitative estimate of drug-likeness (QED) is 0.411. The Kier molecular flexibility index (Phi) is 6.63. The molecule has 4 fully saturated rings. The van der Waals surface area contributed by atoms with E-state index in [2.05, 4.69) is 34.6 Å². The van der Waals surface area contributed by atoms with Crippen molar-refractivity contribution in [3.8, 4) is 0 Å². The summed E-state index contributed by atoms with van der Waals surface area (Å²) < 4.78 is 0. The molecule has 5 aliphatic carbocycles. The average molecular weight is 455 g/mol. The molecule has 188 valence electrons. The van der Waals surface area contributed by atoms with Gasteiger partial charge in [0.2, 0.25) is 0 Å². The Hall–Kier alpha value is -0.300. The van der Waals surface area contributed by atoms with Gasteiger partial charge in [0.25, 0.3) is 0 Å². The normalized spacial score (nSPS) is 43.4. The third kappa shape index (κ3) is 3.81. The molecule has 5 rings (SSSR count). The van der Waals surface area contributed by atoms with Gasteiger partial charge in [-0.2, -0.15) is 0 Å². The first-order chi connectivity index (χ1) is 15.7. The smallest absolute Gasteiger partial charge is 0.0599 e. The summed E-state index contributed by atoms with van der Waals surface area (Å²) >= 11 is 0. The molecule has 0 aromatic rings. The first kappa shape index (κ1) is 24.4. The monoisotopic (exact) mass is 454 g/mol. The van der Waals surface area contributed by atoms with Crippen LogP contribution in [0.4, 0.5) is 0 Å².